The third-order valence-corrected chi connectivity index (χ3v) is 5.70. The molecule has 2 amide bonds. The molecule has 4 aliphatic rings. The van der Waals surface area contributed by atoms with Crippen LogP contribution in [-0.4, -0.2) is 52.2 Å². The highest BCUT2D eigenvalue weighted by Crippen LogP contribution is 2.24. The van der Waals surface area contributed by atoms with E-state index in [9.17, 15) is 9.59 Å². The van der Waals surface area contributed by atoms with Gasteiger partial charge in [0.2, 0.25) is 5.91 Å². The van der Waals surface area contributed by atoms with Crippen molar-refractivity contribution in [3.8, 4) is 0 Å². The summed E-state index contributed by atoms with van der Waals surface area (Å²) in [6, 6.07) is 7.52. The van der Waals surface area contributed by atoms with Crippen LogP contribution in [0.2, 0.25) is 0 Å². The van der Waals surface area contributed by atoms with Crippen LogP contribution in [0.5, 0.6) is 0 Å². The number of nitrogens with zero attached hydrogens (tertiary/aromatic N) is 7. The molecule has 4 aliphatic heterocycles. The third-order valence-electron chi connectivity index (χ3n) is 5.01. The Bertz CT molecular complexity index is 1350. The van der Waals surface area contributed by atoms with E-state index in [0.29, 0.717) is 40.9 Å². The van der Waals surface area contributed by atoms with E-state index >= 15 is 0 Å². The number of allylic oxidation sites excluding steroid dienone is 1. The van der Waals surface area contributed by atoms with Gasteiger partial charge in [0.05, 0.1) is 16.5 Å². The summed E-state index contributed by atoms with van der Waals surface area (Å²) in [5.74, 6) is 0.140. The van der Waals surface area contributed by atoms with Crippen molar-refractivity contribution in [1.82, 2.24) is 14.9 Å². The van der Waals surface area contributed by atoms with Crippen molar-refractivity contribution in [3.05, 3.63) is 65.9 Å². The zero-order valence-electron chi connectivity index (χ0n) is 16.8. The Balaban J connectivity index is 1.63. The Morgan fingerprint density at radius 1 is 1.03 bits per heavy atom. The van der Waals surface area contributed by atoms with Crippen LogP contribution >= 0.6 is 11.9 Å². The number of benzene rings is 1. The molecule has 1 aromatic carbocycles. The predicted octanol–water partition coefficient (Wildman–Crippen LogP) is 1.35. The Kier molecular flexibility index (Phi) is 5.42. The second-order valence-corrected chi connectivity index (χ2v) is 7.90. The third kappa shape index (κ3) is 4.00. The van der Waals surface area contributed by atoms with Crippen LogP contribution in [0, 0.1) is 0 Å². The quantitative estimate of drug-likeness (QED) is 0.570. The average Bonchev–Trinajstić information content (AvgIpc) is 3.14. The molecule has 0 fully saturated rings. The minimum Gasteiger partial charge on any atom is -0.329 e. The van der Waals surface area contributed by atoms with Crippen LogP contribution in [0.3, 0.4) is 0 Å². The van der Waals surface area contributed by atoms with Gasteiger partial charge in [-0.25, -0.2) is 14.4 Å². The van der Waals surface area contributed by atoms with Crippen LogP contribution in [-0.2, 0) is 9.59 Å². The van der Waals surface area contributed by atoms with Gasteiger partial charge in [-0.05, 0) is 24.3 Å². The molecule has 0 unspecified atom stereocenters. The molecule has 2 aromatic rings. The largest absolute Gasteiger partial charge is 0.329 e. The van der Waals surface area contributed by atoms with E-state index in [1.54, 1.807) is 35.7 Å². The van der Waals surface area contributed by atoms with Crippen molar-refractivity contribution >= 4 is 53.3 Å². The zero-order chi connectivity index (χ0) is 21.9. The zero-order valence-corrected chi connectivity index (χ0v) is 17.6. The number of anilines is 1. The molecule has 0 spiro atoms. The smallest absolute Gasteiger partial charge is 0.281 e. The molecule has 1 aromatic heterocycles. The summed E-state index contributed by atoms with van der Waals surface area (Å²) >= 11 is 1.29. The van der Waals surface area contributed by atoms with Gasteiger partial charge in [-0.3, -0.25) is 14.6 Å². The van der Waals surface area contributed by atoms with Gasteiger partial charge in [0.15, 0.2) is 5.49 Å². The number of aromatic nitrogens is 2. The van der Waals surface area contributed by atoms with Gasteiger partial charge in [0, 0.05) is 61.2 Å². The summed E-state index contributed by atoms with van der Waals surface area (Å²) < 4.78 is 4.29. The van der Waals surface area contributed by atoms with Crippen molar-refractivity contribution in [2.45, 2.75) is 11.3 Å². The number of hydrogen-bond acceptors (Lipinski definition) is 8. The van der Waals surface area contributed by atoms with Crippen molar-refractivity contribution in [2.75, 3.05) is 18.0 Å². The monoisotopic (exact) mass is 443 g/mol. The van der Waals surface area contributed by atoms with Crippen molar-refractivity contribution < 1.29 is 9.59 Å². The second-order valence-electron chi connectivity index (χ2n) is 7.04. The number of fused-ring (bicyclic) bond motifs is 5. The fraction of sp³-hybridized carbons (Fsp3) is 0.136. The van der Waals surface area contributed by atoms with Gasteiger partial charge in [-0.2, -0.15) is 4.99 Å². The van der Waals surface area contributed by atoms with Gasteiger partial charge in [-0.15, -0.1) is 0 Å². The lowest BCUT2D eigenvalue weighted by atomic mass is 10.2. The molecular formula is C22H17N7O2S. The molecule has 0 aliphatic carbocycles. The first-order valence-electron chi connectivity index (χ1n) is 9.91. The fourth-order valence-electron chi connectivity index (χ4n) is 3.44. The topological polar surface area (TPSA) is 103 Å². The fourth-order valence-corrected chi connectivity index (χ4v) is 4.00. The standard InChI is InChI=1S/C22H17N7O2S/c30-18-6-1-2-7-26-32-16-5-3-4-15(12-16)23-13-17-19-20(27-22(17)31)24-14-25-21(19)29-10-8-28(18)9-11-29/h1-5,7-8,10,12-14H,6,9,11H2/b2-1-,23-13?,26-7?. The molecule has 0 saturated carbocycles. The molecule has 0 atom stereocenters. The minimum absolute atomic E-state index is 0.0127. The number of carbonyl (C=O) groups is 2. The molecule has 0 N–H and O–H groups in total. The highest BCUT2D eigenvalue weighted by atomic mass is 32.2. The maximum absolute atomic E-state index is 12.6. The van der Waals surface area contributed by atoms with Gasteiger partial charge in [-0.1, -0.05) is 12.1 Å². The second kappa shape index (κ2) is 8.67. The van der Waals surface area contributed by atoms with E-state index in [2.05, 4.69) is 24.4 Å². The maximum Gasteiger partial charge on any atom is 0.281 e. The van der Waals surface area contributed by atoms with Crippen LogP contribution < -0.4 is 15.6 Å². The Hall–Kier alpha value is -3.92. The number of carbonyl (C=O) groups excluding carboxylic acids is 2. The van der Waals surface area contributed by atoms with E-state index in [1.165, 1.54) is 24.5 Å². The Morgan fingerprint density at radius 2 is 1.91 bits per heavy atom. The van der Waals surface area contributed by atoms with Crippen molar-refractivity contribution in [1.29, 1.82) is 0 Å². The lowest BCUT2D eigenvalue weighted by molar-refractivity contribution is -0.127. The van der Waals surface area contributed by atoms with Gasteiger partial charge in [0.25, 0.3) is 5.91 Å². The molecule has 0 saturated heterocycles. The summed E-state index contributed by atoms with van der Waals surface area (Å²) in [7, 11) is 0. The maximum atomic E-state index is 12.6. The first-order chi connectivity index (χ1) is 15.7. The SMILES string of the molecule is O=C1N=c2ncnc3c2=C1C=Nc1cccc(c1)SN=C/C=C\CC(=O)N1C=CN3CC1. The molecule has 32 heavy (non-hydrogen) atoms. The summed E-state index contributed by atoms with van der Waals surface area (Å²) in [5.41, 5.74) is 1.34. The van der Waals surface area contributed by atoms with Crippen LogP contribution in [0.15, 0.2) is 74.4 Å². The van der Waals surface area contributed by atoms with Crippen LogP contribution in [0.4, 0.5) is 11.5 Å². The Labute approximate surface area is 187 Å². The van der Waals surface area contributed by atoms with Gasteiger partial charge in [0.1, 0.15) is 12.1 Å². The number of amides is 2. The summed E-state index contributed by atoms with van der Waals surface area (Å²) in [5, 5.41) is 0.543. The van der Waals surface area contributed by atoms with E-state index in [1.807, 2.05) is 29.2 Å². The van der Waals surface area contributed by atoms with Crippen LogP contribution in [0.25, 0.3) is 5.57 Å². The molecular weight excluding hydrogens is 426 g/mol. The molecule has 10 heteroatoms. The van der Waals surface area contributed by atoms with E-state index in [0.717, 1.165) is 4.90 Å². The average molecular weight is 443 g/mol. The number of hydrogen-bond donors (Lipinski definition) is 0. The van der Waals surface area contributed by atoms with Crippen molar-refractivity contribution in [3.63, 3.8) is 0 Å². The predicted molar refractivity (Wildman–Crippen MR) is 122 cm³/mol. The van der Waals surface area contributed by atoms with E-state index < -0.39 is 5.91 Å². The summed E-state index contributed by atoms with van der Waals surface area (Å²) in [4.78, 5) is 46.6. The molecule has 6 rings (SSSR count). The van der Waals surface area contributed by atoms with E-state index in [4.69, 9.17) is 0 Å². The summed E-state index contributed by atoms with van der Waals surface area (Å²) in [6.07, 6.45) is 11.9. The van der Waals surface area contributed by atoms with E-state index in [-0.39, 0.29) is 12.3 Å². The highest BCUT2D eigenvalue weighted by molar-refractivity contribution is 7.98. The molecule has 158 valence electrons. The number of aliphatic imine (C=N–C) groups is 1. The number of rotatable bonds is 0. The van der Waals surface area contributed by atoms with Gasteiger partial charge >= 0.3 is 0 Å². The normalized spacial score (nSPS) is 18.8. The molecule has 0 radical (unpaired) electrons. The van der Waals surface area contributed by atoms with Crippen LogP contribution in [0.1, 0.15) is 6.42 Å². The first-order valence-corrected chi connectivity index (χ1v) is 10.7. The molecule has 9 nitrogen and oxygen atoms in total. The first kappa shape index (κ1) is 20.0. The lowest BCUT2D eigenvalue weighted by Gasteiger charge is -2.29. The Morgan fingerprint density at radius 3 is 2.78 bits per heavy atom. The molecule has 4 bridgehead atoms. The molecule has 5 heterocycles. The van der Waals surface area contributed by atoms with Gasteiger partial charge < -0.3 is 9.80 Å². The highest BCUT2D eigenvalue weighted by Gasteiger charge is 2.23. The lowest BCUT2D eigenvalue weighted by Crippen LogP contribution is -2.42. The van der Waals surface area contributed by atoms with Crippen molar-refractivity contribution in [2.24, 2.45) is 14.4 Å². The summed E-state index contributed by atoms with van der Waals surface area (Å²) in [6.45, 7) is 1.01. The minimum atomic E-state index is -0.407.